The third-order valence-corrected chi connectivity index (χ3v) is 9.03. The van der Waals surface area contributed by atoms with Crippen LogP contribution in [0.25, 0.3) is 0 Å². The van der Waals surface area contributed by atoms with E-state index in [-0.39, 0.29) is 17.8 Å². The van der Waals surface area contributed by atoms with Gasteiger partial charge in [-0.2, -0.15) is 0 Å². The van der Waals surface area contributed by atoms with E-state index in [2.05, 4.69) is 13.8 Å². The summed E-state index contributed by atoms with van der Waals surface area (Å²) in [5.74, 6) is -1.19. The summed E-state index contributed by atoms with van der Waals surface area (Å²) in [4.78, 5) is 45.9. The van der Waals surface area contributed by atoms with Gasteiger partial charge in [0.15, 0.2) is 0 Å². The van der Waals surface area contributed by atoms with Crippen molar-refractivity contribution in [2.45, 2.75) is 227 Å². The monoisotopic (exact) mass is 682 g/mol. The number of hydrogen-bond donors (Lipinski definition) is 1. The number of hydrogen-bond acceptors (Lipinski definition) is 5. The Bertz CT molecular complexity index is 726. The lowest BCUT2D eigenvalue weighted by Crippen LogP contribution is -2.34. The molecule has 0 rings (SSSR count). The molecular formula is C41H79NO6. The SMILES string of the molecule is CCCCCCCCCCCCCCCC(=O)O.CCCCCCCCCCCCCCCC(=O)OCCCCCN(C(C)=O)C(C)=O. The van der Waals surface area contributed by atoms with Crippen LogP contribution in [0.4, 0.5) is 0 Å². The molecule has 2 amide bonds. The van der Waals surface area contributed by atoms with Crippen LogP contribution in [-0.4, -0.2) is 46.9 Å². The van der Waals surface area contributed by atoms with Gasteiger partial charge in [0, 0.05) is 33.2 Å². The van der Waals surface area contributed by atoms with Gasteiger partial charge >= 0.3 is 11.9 Å². The molecule has 0 heterocycles. The molecule has 0 aromatic carbocycles. The van der Waals surface area contributed by atoms with E-state index < -0.39 is 5.97 Å². The average molecular weight is 682 g/mol. The first kappa shape index (κ1) is 48.2. The number of carbonyl (C=O) groups excluding carboxylic acids is 3. The smallest absolute Gasteiger partial charge is 0.305 e. The minimum absolute atomic E-state index is 0.104. The number of rotatable bonds is 34. The molecule has 0 unspecified atom stereocenters. The van der Waals surface area contributed by atoms with E-state index in [0.717, 1.165) is 44.9 Å². The van der Waals surface area contributed by atoms with Gasteiger partial charge in [0.25, 0.3) is 0 Å². The highest BCUT2D eigenvalue weighted by molar-refractivity contribution is 5.92. The number of ether oxygens (including phenoxy) is 1. The van der Waals surface area contributed by atoms with Crippen LogP contribution in [0.15, 0.2) is 0 Å². The van der Waals surface area contributed by atoms with Gasteiger partial charge in [-0.1, -0.05) is 168 Å². The largest absolute Gasteiger partial charge is 0.481 e. The number of aliphatic carboxylic acids is 1. The van der Waals surface area contributed by atoms with Gasteiger partial charge in [0.2, 0.25) is 11.8 Å². The first-order valence-corrected chi connectivity index (χ1v) is 20.4. The molecule has 0 aromatic heterocycles. The van der Waals surface area contributed by atoms with Crippen molar-refractivity contribution in [2.75, 3.05) is 13.2 Å². The maximum Gasteiger partial charge on any atom is 0.305 e. The lowest BCUT2D eigenvalue weighted by atomic mass is 10.0. The van der Waals surface area contributed by atoms with Crippen LogP contribution in [0, 0.1) is 0 Å². The molecular weight excluding hydrogens is 602 g/mol. The van der Waals surface area contributed by atoms with Crippen LogP contribution in [0.5, 0.6) is 0 Å². The van der Waals surface area contributed by atoms with Crippen LogP contribution in [0.1, 0.15) is 227 Å². The summed E-state index contributed by atoms with van der Waals surface area (Å²) in [5.41, 5.74) is 0. The van der Waals surface area contributed by atoms with Gasteiger partial charge in [-0.15, -0.1) is 0 Å². The van der Waals surface area contributed by atoms with E-state index in [1.807, 2.05) is 0 Å². The Kier molecular flexibility index (Phi) is 39.7. The Balaban J connectivity index is 0. The molecule has 0 bridgehead atoms. The molecule has 0 aromatic rings. The number of amides is 2. The Morgan fingerprint density at radius 2 is 0.750 bits per heavy atom. The Morgan fingerprint density at radius 3 is 1.08 bits per heavy atom. The van der Waals surface area contributed by atoms with E-state index in [9.17, 15) is 19.2 Å². The maximum absolute atomic E-state index is 11.7. The molecule has 1 N–H and O–H groups in total. The van der Waals surface area contributed by atoms with Gasteiger partial charge in [-0.05, 0) is 32.1 Å². The van der Waals surface area contributed by atoms with Crippen molar-refractivity contribution in [1.29, 1.82) is 0 Å². The topological polar surface area (TPSA) is 101 Å². The first-order chi connectivity index (χ1) is 23.3. The number of nitrogens with zero attached hydrogens (tertiary/aromatic N) is 1. The molecule has 0 aliphatic carbocycles. The molecule has 0 saturated heterocycles. The molecule has 0 spiro atoms. The summed E-state index contributed by atoms with van der Waals surface area (Å²) in [6, 6.07) is 0. The van der Waals surface area contributed by atoms with Gasteiger partial charge in [0.1, 0.15) is 0 Å². The number of carboxylic acids is 1. The Labute approximate surface area is 297 Å². The Hall–Kier alpha value is -1.92. The van der Waals surface area contributed by atoms with E-state index in [0.29, 0.717) is 26.0 Å². The summed E-state index contributed by atoms with van der Waals surface area (Å²) in [6.07, 6.45) is 37.0. The highest BCUT2D eigenvalue weighted by Crippen LogP contribution is 2.14. The third kappa shape index (κ3) is 40.3. The predicted octanol–water partition coefficient (Wildman–Crippen LogP) is 12.1. The standard InChI is InChI=1S/C25H47NO4.C16H32O2/c1-4-5-6-7-8-9-10-11-12-13-14-15-17-20-25(29)30-22-19-16-18-21-26(23(2)27)24(3)28;1-2-3-4-5-6-7-8-9-10-11-12-13-14-15-16(17)18/h4-22H2,1-3H3;2-15H2,1H3,(H,17,18). The van der Waals surface area contributed by atoms with Crippen molar-refractivity contribution in [3.63, 3.8) is 0 Å². The highest BCUT2D eigenvalue weighted by Gasteiger charge is 2.12. The van der Waals surface area contributed by atoms with Crippen molar-refractivity contribution < 1.29 is 29.0 Å². The predicted molar refractivity (Wildman–Crippen MR) is 201 cm³/mol. The number of esters is 1. The normalized spacial score (nSPS) is 10.8. The van der Waals surface area contributed by atoms with Crippen molar-refractivity contribution in [2.24, 2.45) is 0 Å². The number of carbonyl (C=O) groups is 4. The first-order valence-electron chi connectivity index (χ1n) is 20.4. The van der Waals surface area contributed by atoms with E-state index in [4.69, 9.17) is 9.84 Å². The van der Waals surface area contributed by atoms with Gasteiger partial charge in [-0.3, -0.25) is 24.1 Å². The van der Waals surface area contributed by atoms with Crippen LogP contribution in [0.3, 0.4) is 0 Å². The third-order valence-electron chi connectivity index (χ3n) is 9.03. The molecule has 284 valence electrons. The van der Waals surface area contributed by atoms with Crippen molar-refractivity contribution >= 4 is 23.8 Å². The van der Waals surface area contributed by atoms with Crippen molar-refractivity contribution in [3.05, 3.63) is 0 Å². The van der Waals surface area contributed by atoms with Crippen LogP contribution in [0.2, 0.25) is 0 Å². The zero-order valence-corrected chi connectivity index (χ0v) is 32.3. The molecule has 0 aliphatic heterocycles. The zero-order valence-electron chi connectivity index (χ0n) is 32.3. The fourth-order valence-corrected chi connectivity index (χ4v) is 5.92. The van der Waals surface area contributed by atoms with E-state index in [1.165, 1.54) is 160 Å². The minimum Gasteiger partial charge on any atom is -0.481 e. The van der Waals surface area contributed by atoms with E-state index >= 15 is 0 Å². The fourth-order valence-electron chi connectivity index (χ4n) is 5.92. The maximum atomic E-state index is 11.7. The number of imide groups is 1. The quantitative estimate of drug-likeness (QED) is 0.0536. The number of unbranched alkanes of at least 4 members (excludes halogenated alkanes) is 26. The minimum atomic E-state index is -0.655. The molecule has 7 heteroatoms. The molecule has 0 fully saturated rings. The summed E-state index contributed by atoms with van der Waals surface area (Å²) in [5, 5.41) is 8.49. The fraction of sp³-hybridized carbons (Fsp3) is 0.902. The lowest BCUT2D eigenvalue weighted by Gasteiger charge is -2.16. The molecule has 0 aliphatic rings. The summed E-state index contributed by atoms with van der Waals surface area (Å²) >= 11 is 0. The molecule has 0 radical (unpaired) electrons. The van der Waals surface area contributed by atoms with Crippen molar-refractivity contribution in [1.82, 2.24) is 4.90 Å². The summed E-state index contributed by atoms with van der Waals surface area (Å²) in [7, 11) is 0. The van der Waals surface area contributed by atoms with E-state index in [1.54, 1.807) is 0 Å². The Morgan fingerprint density at radius 1 is 0.438 bits per heavy atom. The van der Waals surface area contributed by atoms with Crippen LogP contribution >= 0.6 is 0 Å². The van der Waals surface area contributed by atoms with Gasteiger partial charge in [0.05, 0.1) is 6.61 Å². The second-order valence-corrected chi connectivity index (χ2v) is 13.8. The highest BCUT2D eigenvalue weighted by atomic mass is 16.5. The van der Waals surface area contributed by atoms with Gasteiger partial charge in [-0.25, -0.2) is 0 Å². The second-order valence-electron chi connectivity index (χ2n) is 13.8. The van der Waals surface area contributed by atoms with Crippen LogP contribution in [-0.2, 0) is 23.9 Å². The lowest BCUT2D eigenvalue weighted by molar-refractivity contribution is -0.144. The molecule has 7 nitrogen and oxygen atoms in total. The molecule has 48 heavy (non-hydrogen) atoms. The summed E-state index contributed by atoms with van der Waals surface area (Å²) < 4.78 is 5.26. The summed E-state index contributed by atoms with van der Waals surface area (Å²) in [6.45, 7) is 8.20. The van der Waals surface area contributed by atoms with Gasteiger partial charge < -0.3 is 9.84 Å². The zero-order chi connectivity index (χ0) is 35.9. The molecule has 0 saturated carbocycles. The number of carboxylic acid groups (broad SMARTS) is 1. The average Bonchev–Trinajstić information content (AvgIpc) is 3.04. The van der Waals surface area contributed by atoms with Crippen molar-refractivity contribution in [3.8, 4) is 0 Å². The second kappa shape index (κ2) is 39.5. The van der Waals surface area contributed by atoms with Crippen LogP contribution < -0.4 is 0 Å². The molecule has 0 atom stereocenters.